The van der Waals surface area contributed by atoms with Crippen LogP contribution in [-0.4, -0.2) is 54.9 Å². The summed E-state index contributed by atoms with van der Waals surface area (Å²) >= 11 is 0. The molecule has 0 radical (unpaired) electrons. The maximum Gasteiger partial charge on any atom is 0.157 e. The maximum absolute atomic E-state index is 10.3. The molecule has 7 heteroatoms. The van der Waals surface area contributed by atoms with Crippen LogP contribution < -0.4 is 4.74 Å². The molecule has 4 rings (SSSR count). The quantitative estimate of drug-likeness (QED) is 0.723. The molecule has 1 N–H and O–H groups in total. The van der Waals surface area contributed by atoms with Gasteiger partial charge in [-0.15, -0.1) is 0 Å². The van der Waals surface area contributed by atoms with Gasteiger partial charge in [0, 0.05) is 38.4 Å². The lowest BCUT2D eigenvalue weighted by Crippen LogP contribution is -2.29. The van der Waals surface area contributed by atoms with Crippen LogP contribution in [-0.2, 0) is 20.1 Å². The lowest BCUT2D eigenvalue weighted by atomic mass is 10.2. The van der Waals surface area contributed by atoms with Crippen molar-refractivity contribution in [2.75, 3.05) is 13.1 Å². The highest BCUT2D eigenvalue weighted by atomic mass is 16.5. The molecule has 26 heavy (non-hydrogen) atoms. The average molecular weight is 353 g/mol. The van der Waals surface area contributed by atoms with Crippen LogP contribution in [0.4, 0.5) is 0 Å². The molecule has 0 saturated carbocycles. The second kappa shape index (κ2) is 7.31. The van der Waals surface area contributed by atoms with Crippen molar-refractivity contribution in [1.82, 2.24) is 24.5 Å². The summed E-state index contributed by atoms with van der Waals surface area (Å²) in [5.74, 6) is 0.689. The van der Waals surface area contributed by atoms with E-state index in [1.54, 1.807) is 10.9 Å². The number of hydrogen-bond acceptors (Lipinski definition) is 5. The number of ether oxygens (including phenoxy) is 1. The third-order valence-electron chi connectivity index (χ3n) is 4.56. The van der Waals surface area contributed by atoms with Crippen molar-refractivity contribution in [3.63, 3.8) is 0 Å². The first kappa shape index (κ1) is 16.8. The highest BCUT2D eigenvalue weighted by molar-refractivity contribution is 5.16. The molecule has 1 saturated heterocycles. The van der Waals surface area contributed by atoms with E-state index < -0.39 is 6.10 Å². The van der Waals surface area contributed by atoms with Gasteiger partial charge in [-0.2, -0.15) is 10.2 Å². The largest absolute Gasteiger partial charge is 0.483 e. The third-order valence-corrected chi connectivity index (χ3v) is 4.56. The average Bonchev–Trinajstić information content (AvgIpc) is 3.32. The summed E-state index contributed by atoms with van der Waals surface area (Å²) in [6.07, 6.45) is 6.69. The van der Waals surface area contributed by atoms with E-state index in [1.165, 1.54) is 5.56 Å². The first-order chi connectivity index (χ1) is 12.7. The molecule has 3 heterocycles. The lowest BCUT2D eigenvalue weighted by Gasteiger charge is -2.15. The zero-order valence-corrected chi connectivity index (χ0v) is 14.8. The molecule has 2 atom stereocenters. The minimum Gasteiger partial charge on any atom is -0.483 e. The van der Waals surface area contributed by atoms with Gasteiger partial charge in [-0.05, 0) is 5.56 Å². The van der Waals surface area contributed by atoms with Crippen molar-refractivity contribution in [2.45, 2.75) is 25.3 Å². The number of nitrogens with zero attached hydrogens (tertiary/aromatic N) is 5. The molecular formula is C19H23N5O2. The SMILES string of the molecule is Cn1cc(O[C@@H]2CN(Cc3cnn(Cc4ccccc4)c3)C[C@H]2O)cn1. The molecule has 1 fully saturated rings. The third kappa shape index (κ3) is 3.95. The summed E-state index contributed by atoms with van der Waals surface area (Å²) in [6.45, 7) is 2.78. The summed E-state index contributed by atoms with van der Waals surface area (Å²) in [6, 6.07) is 10.3. The number of aliphatic hydroxyl groups excluding tert-OH is 1. The highest BCUT2D eigenvalue weighted by Crippen LogP contribution is 2.20. The summed E-state index contributed by atoms with van der Waals surface area (Å²) in [7, 11) is 1.84. The van der Waals surface area contributed by atoms with Crippen LogP contribution in [0.15, 0.2) is 55.1 Å². The van der Waals surface area contributed by atoms with Gasteiger partial charge in [0.05, 0.1) is 25.1 Å². The summed E-state index contributed by atoms with van der Waals surface area (Å²) in [5.41, 5.74) is 2.36. The summed E-state index contributed by atoms with van der Waals surface area (Å²) in [5, 5.41) is 18.8. The first-order valence-corrected chi connectivity index (χ1v) is 8.77. The zero-order chi connectivity index (χ0) is 17.9. The molecule has 136 valence electrons. The Morgan fingerprint density at radius 1 is 1.04 bits per heavy atom. The minimum atomic E-state index is -0.505. The fraction of sp³-hybridized carbons (Fsp3) is 0.368. The van der Waals surface area contributed by atoms with Crippen LogP contribution >= 0.6 is 0 Å². The van der Waals surface area contributed by atoms with Gasteiger partial charge in [-0.1, -0.05) is 30.3 Å². The maximum atomic E-state index is 10.3. The molecule has 0 amide bonds. The number of aliphatic hydroxyl groups is 1. The molecule has 3 aromatic rings. The van der Waals surface area contributed by atoms with Gasteiger partial charge in [0.25, 0.3) is 0 Å². The normalized spacial score (nSPS) is 20.5. The monoisotopic (exact) mass is 353 g/mol. The van der Waals surface area contributed by atoms with Gasteiger partial charge in [0.2, 0.25) is 0 Å². The van der Waals surface area contributed by atoms with Gasteiger partial charge >= 0.3 is 0 Å². The van der Waals surface area contributed by atoms with Crippen LogP contribution in [0.5, 0.6) is 5.75 Å². The van der Waals surface area contributed by atoms with Crippen molar-refractivity contribution < 1.29 is 9.84 Å². The van der Waals surface area contributed by atoms with Crippen molar-refractivity contribution in [1.29, 1.82) is 0 Å². The fourth-order valence-electron chi connectivity index (χ4n) is 3.32. The molecule has 0 bridgehead atoms. The number of hydrogen-bond donors (Lipinski definition) is 1. The fourth-order valence-corrected chi connectivity index (χ4v) is 3.32. The Morgan fingerprint density at radius 2 is 1.88 bits per heavy atom. The highest BCUT2D eigenvalue weighted by Gasteiger charge is 2.33. The molecule has 1 aliphatic rings. The van der Waals surface area contributed by atoms with Crippen LogP contribution in [0.25, 0.3) is 0 Å². The van der Waals surface area contributed by atoms with Gasteiger partial charge in [-0.3, -0.25) is 14.3 Å². The Labute approximate surface area is 152 Å². The zero-order valence-electron chi connectivity index (χ0n) is 14.8. The van der Waals surface area contributed by atoms with E-state index in [1.807, 2.05) is 42.3 Å². The smallest absolute Gasteiger partial charge is 0.157 e. The van der Waals surface area contributed by atoms with E-state index in [-0.39, 0.29) is 6.10 Å². The van der Waals surface area contributed by atoms with Crippen LogP contribution in [0, 0.1) is 0 Å². The van der Waals surface area contributed by atoms with Gasteiger partial charge in [0.15, 0.2) is 5.75 Å². The Balaban J connectivity index is 1.33. The van der Waals surface area contributed by atoms with Crippen molar-refractivity contribution in [3.05, 3.63) is 66.2 Å². The number of rotatable bonds is 6. The standard InChI is InChI=1S/C19H23N5O2/c1-22-12-17(8-20-22)26-19-14-23(13-18(19)25)9-16-7-21-24(11-16)10-15-5-3-2-4-6-15/h2-8,11-12,18-19,25H,9-10,13-14H2,1H3/t18-,19-/m1/s1. The number of benzene rings is 1. The van der Waals surface area contributed by atoms with Crippen LogP contribution in [0.1, 0.15) is 11.1 Å². The molecule has 2 aromatic heterocycles. The Kier molecular flexibility index (Phi) is 4.73. The molecule has 0 aliphatic carbocycles. The predicted octanol–water partition coefficient (Wildman–Crippen LogP) is 1.29. The molecule has 1 aliphatic heterocycles. The second-order valence-electron chi connectivity index (χ2n) is 6.80. The minimum absolute atomic E-state index is 0.237. The van der Waals surface area contributed by atoms with Gasteiger partial charge < -0.3 is 9.84 Å². The van der Waals surface area contributed by atoms with Gasteiger partial charge in [0.1, 0.15) is 12.2 Å². The van der Waals surface area contributed by atoms with E-state index in [4.69, 9.17) is 4.74 Å². The topological polar surface area (TPSA) is 68.3 Å². The summed E-state index contributed by atoms with van der Waals surface area (Å²) < 4.78 is 9.50. The van der Waals surface area contributed by atoms with E-state index in [2.05, 4.69) is 33.4 Å². The predicted molar refractivity (Wildman–Crippen MR) is 96.7 cm³/mol. The van der Waals surface area contributed by atoms with E-state index in [9.17, 15) is 5.11 Å². The van der Waals surface area contributed by atoms with Crippen LogP contribution in [0.2, 0.25) is 0 Å². The molecule has 0 spiro atoms. The van der Waals surface area contributed by atoms with Crippen molar-refractivity contribution in [3.8, 4) is 5.75 Å². The molecule has 7 nitrogen and oxygen atoms in total. The van der Waals surface area contributed by atoms with E-state index >= 15 is 0 Å². The van der Waals surface area contributed by atoms with Crippen molar-refractivity contribution >= 4 is 0 Å². The van der Waals surface area contributed by atoms with Crippen molar-refractivity contribution in [2.24, 2.45) is 7.05 Å². The number of β-amino-alcohol motifs (C(OH)–C–C–N with tert-alkyl or cyclic N) is 1. The van der Waals surface area contributed by atoms with Crippen LogP contribution in [0.3, 0.4) is 0 Å². The Morgan fingerprint density at radius 3 is 2.65 bits per heavy atom. The van der Waals surface area contributed by atoms with Gasteiger partial charge in [-0.25, -0.2) is 0 Å². The Hall–Kier alpha value is -2.64. The first-order valence-electron chi connectivity index (χ1n) is 8.77. The second-order valence-corrected chi connectivity index (χ2v) is 6.80. The lowest BCUT2D eigenvalue weighted by molar-refractivity contribution is 0.0736. The summed E-state index contributed by atoms with van der Waals surface area (Å²) in [4.78, 5) is 2.19. The number of aromatic nitrogens is 4. The van der Waals surface area contributed by atoms with E-state index in [0.717, 1.165) is 18.7 Å². The molecule has 0 unspecified atom stereocenters. The number of aryl methyl sites for hydroxylation is 1. The molecular weight excluding hydrogens is 330 g/mol. The Bertz CT molecular complexity index is 845. The molecule has 1 aromatic carbocycles. The number of likely N-dealkylation sites (tertiary alicyclic amines) is 1. The van der Waals surface area contributed by atoms with E-state index in [0.29, 0.717) is 18.8 Å².